The van der Waals surface area contributed by atoms with E-state index in [1.54, 1.807) is 0 Å². The summed E-state index contributed by atoms with van der Waals surface area (Å²) in [6, 6.07) is 2.62. The molecule has 72 valence electrons. The first-order chi connectivity index (χ1) is 6.60. The van der Waals surface area contributed by atoms with Crippen LogP contribution in [0.15, 0.2) is 12.1 Å². The molecule has 1 amide bonds. The highest BCUT2D eigenvalue weighted by Crippen LogP contribution is 2.14. The van der Waals surface area contributed by atoms with Crippen LogP contribution in [0.2, 0.25) is 0 Å². The van der Waals surface area contributed by atoms with E-state index in [1.807, 2.05) is 0 Å². The number of carbonyl (C=O) groups excluding carboxylic acids is 1. The van der Waals surface area contributed by atoms with Crippen LogP contribution in [0.25, 0.3) is 0 Å². The fraction of sp³-hybridized carbons (Fsp3) is 0.222. The number of nitrogens with one attached hydrogen (secondary N) is 1. The average Bonchev–Trinajstić information content (AvgIpc) is 2.20. The van der Waals surface area contributed by atoms with Gasteiger partial charge in [-0.3, -0.25) is 4.79 Å². The maximum Gasteiger partial charge on any atom is 0.254 e. The van der Waals surface area contributed by atoms with Gasteiger partial charge in [-0.1, -0.05) is 5.46 Å². The van der Waals surface area contributed by atoms with Crippen molar-refractivity contribution < 1.29 is 13.9 Å². The number of hydrogen-bond acceptors (Lipinski definition) is 2. The highest BCUT2D eigenvalue weighted by molar-refractivity contribution is 6.33. The summed E-state index contributed by atoms with van der Waals surface area (Å²) in [5, 5.41) is 2.31. The lowest BCUT2D eigenvalue weighted by molar-refractivity contribution is 0.0959. The molecule has 1 N–H and O–H groups in total. The Morgan fingerprint density at radius 3 is 2.71 bits per heavy atom. The average molecular weight is 193 g/mol. The normalized spacial score (nSPS) is 9.64. The molecule has 0 spiro atoms. The minimum atomic E-state index is -0.731. The van der Waals surface area contributed by atoms with Gasteiger partial charge in [0, 0.05) is 7.05 Å². The van der Waals surface area contributed by atoms with Gasteiger partial charge in [-0.2, -0.15) is 0 Å². The molecular weight excluding hydrogens is 184 g/mol. The smallest absolute Gasteiger partial charge is 0.254 e. The lowest BCUT2D eigenvalue weighted by atomic mass is 9.92. The summed E-state index contributed by atoms with van der Waals surface area (Å²) in [6.07, 6.45) is 0. The zero-order chi connectivity index (χ0) is 10.7. The number of methoxy groups -OCH3 is 1. The molecule has 5 heteroatoms. The Morgan fingerprint density at radius 1 is 1.57 bits per heavy atom. The highest BCUT2D eigenvalue weighted by atomic mass is 19.1. The van der Waals surface area contributed by atoms with Crippen molar-refractivity contribution >= 4 is 19.2 Å². The molecule has 0 saturated carbocycles. The van der Waals surface area contributed by atoms with E-state index in [-0.39, 0.29) is 11.0 Å². The molecule has 2 radical (unpaired) electrons. The second kappa shape index (κ2) is 4.13. The quantitative estimate of drug-likeness (QED) is 0.670. The minimum Gasteiger partial charge on any atom is -0.497 e. The molecule has 0 aliphatic carbocycles. The van der Waals surface area contributed by atoms with E-state index in [0.29, 0.717) is 5.75 Å². The number of carbonyl (C=O) groups is 1. The molecule has 0 fully saturated rings. The van der Waals surface area contributed by atoms with Crippen LogP contribution in [-0.4, -0.2) is 27.9 Å². The van der Waals surface area contributed by atoms with Crippen LogP contribution in [0.1, 0.15) is 10.4 Å². The lowest BCUT2D eigenvalue weighted by Crippen LogP contribution is -2.23. The first-order valence-electron chi connectivity index (χ1n) is 3.95. The Balaban J connectivity index is 3.27. The fourth-order valence-corrected chi connectivity index (χ4v) is 1.04. The molecule has 1 aromatic rings. The second-order valence-electron chi connectivity index (χ2n) is 2.66. The molecule has 0 aliphatic heterocycles. The summed E-state index contributed by atoms with van der Waals surface area (Å²) >= 11 is 0. The van der Waals surface area contributed by atoms with Gasteiger partial charge in [-0.05, 0) is 12.1 Å². The van der Waals surface area contributed by atoms with Gasteiger partial charge in [0.1, 0.15) is 19.4 Å². The first-order valence-corrected chi connectivity index (χ1v) is 3.95. The summed E-state index contributed by atoms with van der Waals surface area (Å²) in [4.78, 5) is 11.2. The van der Waals surface area contributed by atoms with E-state index in [9.17, 15) is 9.18 Å². The number of ether oxygens (including phenoxy) is 1. The van der Waals surface area contributed by atoms with Crippen LogP contribution in [0.3, 0.4) is 0 Å². The lowest BCUT2D eigenvalue weighted by Gasteiger charge is -2.07. The van der Waals surface area contributed by atoms with Crippen molar-refractivity contribution in [2.75, 3.05) is 14.2 Å². The molecule has 0 unspecified atom stereocenters. The molecule has 0 heterocycles. The van der Waals surface area contributed by atoms with Gasteiger partial charge in [0.05, 0.1) is 12.7 Å². The van der Waals surface area contributed by atoms with Crippen molar-refractivity contribution in [1.82, 2.24) is 5.32 Å². The highest BCUT2D eigenvalue weighted by Gasteiger charge is 2.13. The third-order valence-electron chi connectivity index (χ3n) is 1.78. The molecule has 14 heavy (non-hydrogen) atoms. The molecule has 0 bridgehead atoms. The zero-order valence-corrected chi connectivity index (χ0v) is 7.93. The topological polar surface area (TPSA) is 38.3 Å². The molecule has 1 rings (SSSR count). The Hall–Kier alpha value is -1.52. The predicted octanol–water partition coefficient (Wildman–Crippen LogP) is -0.0123. The molecular formula is C9H9BFNO2. The van der Waals surface area contributed by atoms with Crippen LogP contribution < -0.4 is 15.5 Å². The van der Waals surface area contributed by atoms with Crippen LogP contribution in [0.5, 0.6) is 5.75 Å². The summed E-state index contributed by atoms with van der Waals surface area (Å²) in [5.74, 6) is -0.916. The Morgan fingerprint density at radius 2 is 2.21 bits per heavy atom. The van der Waals surface area contributed by atoms with Gasteiger partial charge in [0.25, 0.3) is 5.91 Å². The molecule has 0 atom stereocenters. The third-order valence-corrected chi connectivity index (χ3v) is 1.78. The SMILES string of the molecule is [B]c1cc(OC)cc(C(=O)NC)c1F. The van der Waals surface area contributed by atoms with E-state index in [2.05, 4.69) is 5.32 Å². The van der Waals surface area contributed by atoms with Gasteiger partial charge < -0.3 is 10.1 Å². The molecule has 1 aromatic carbocycles. The van der Waals surface area contributed by atoms with Crippen LogP contribution >= 0.6 is 0 Å². The van der Waals surface area contributed by atoms with Crippen molar-refractivity contribution in [3.63, 3.8) is 0 Å². The number of amides is 1. The Bertz CT molecular complexity index is 368. The summed E-state index contributed by atoms with van der Waals surface area (Å²) in [7, 11) is 8.19. The van der Waals surface area contributed by atoms with E-state index in [1.165, 1.54) is 26.3 Å². The second-order valence-corrected chi connectivity index (χ2v) is 2.66. The monoisotopic (exact) mass is 193 g/mol. The van der Waals surface area contributed by atoms with E-state index < -0.39 is 11.7 Å². The summed E-state index contributed by atoms with van der Waals surface area (Å²) < 4.78 is 18.2. The Labute approximate surface area is 82.7 Å². The van der Waals surface area contributed by atoms with Gasteiger partial charge in [0.15, 0.2) is 0 Å². The number of benzene rings is 1. The minimum absolute atomic E-state index is 0.108. The van der Waals surface area contributed by atoms with Crippen LogP contribution in [0, 0.1) is 5.82 Å². The molecule has 0 aliphatic rings. The van der Waals surface area contributed by atoms with Gasteiger partial charge in [-0.15, -0.1) is 0 Å². The van der Waals surface area contributed by atoms with E-state index >= 15 is 0 Å². The number of hydrogen-bond donors (Lipinski definition) is 1. The zero-order valence-electron chi connectivity index (χ0n) is 7.93. The Kier molecular flexibility index (Phi) is 3.12. The van der Waals surface area contributed by atoms with Gasteiger partial charge in [0.2, 0.25) is 0 Å². The van der Waals surface area contributed by atoms with Crippen molar-refractivity contribution in [1.29, 1.82) is 0 Å². The van der Waals surface area contributed by atoms with Crippen molar-refractivity contribution in [3.05, 3.63) is 23.5 Å². The van der Waals surface area contributed by atoms with Crippen LogP contribution in [-0.2, 0) is 0 Å². The third kappa shape index (κ3) is 1.87. The molecule has 0 saturated heterocycles. The number of rotatable bonds is 2. The largest absolute Gasteiger partial charge is 0.497 e. The summed E-state index contributed by atoms with van der Waals surface area (Å²) in [5.41, 5.74) is -0.229. The molecule has 0 aromatic heterocycles. The van der Waals surface area contributed by atoms with Crippen LogP contribution in [0.4, 0.5) is 4.39 Å². The van der Waals surface area contributed by atoms with E-state index in [4.69, 9.17) is 12.6 Å². The standard InChI is InChI=1S/C9H9BFNO2/c1-12-9(13)6-3-5(14-2)4-7(10)8(6)11/h3-4H,1-2H3,(H,12,13). The predicted molar refractivity (Wildman–Crippen MR) is 51.7 cm³/mol. The van der Waals surface area contributed by atoms with E-state index in [0.717, 1.165) is 0 Å². The van der Waals surface area contributed by atoms with Crippen molar-refractivity contribution in [2.24, 2.45) is 0 Å². The maximum atomic E-state index is 13.3. The summed E-state index contributed by atoms with van der Waals surface area (Å²) in [6.45, 7) is 0. The number of halogens is 1. The van der Waals surface area contributed by atoms with Crippen molar-refractivity contribution in [2.45, 2.75) is 0 Å². The first kappa shape index (κ1) is 10.6. The van der Waals surface area contributed by atoms with Crippen molar-refractivity contribution in [3.8, 4) is 5.75 Å². The maximum absolute atomic E-state index is 13.3. The molecule has 3 nitrogen and oxygen atoms in total. The van der Waals surface area contributed by atoms with Gasteiger partial charge in [-0.25, -0.2) is 4.39 Å². The van der Waals surface area contributed by atoms with Gasteiger partial charge >= 0.3 is 0 Å². The fourth-order valence-electron chi connectivity index (χ4n) is 1.04.